The number of aromatic nitrogens is 3. The van der Waals surface area contributed by atoms with Gasteiger partial charge in [-0.2, -0.15) is 4.98 Å². The van der Waals surface area contributed by atoms with Gasteiger partial charge in [0, 0.05) is 43.4 Å². The topological polar surface area (TPSA) is 53.9 Å². The van der Waals surface area contributed by atoms with Crippen LogP contribution >= 0.6 is 0 Å². The standard InChI is InChI=1S/C22H27N5/c1-16(2)19-5-7-20(8-6-19)25-22-24-17(3)15-21(26-22)27(4)14-11-18-9-12-23-13-10-18/h5-10,12-13,15-16H,11,14H2,1-4H3,(H,24,25,26). The van der Waals surface area contributed by atoms with Gasteiger partial charge in [-0.3, -0.25) is 4.98 Å². The molecule has 0 unspecified atom stereocenters. The number of anilines is 3. The number of aryl methyl sites for hydroxylation is 1. The summed E-state index contributed by atoms with van der Waals surface area (Å²) in [6, 6.07) is 14.6. The van der Waals surface area contributed by atoms with E-state index >= 15 is 0 Å². The van der Waals surface area contributed by atoms with Crippen molar-refractivity contribution in [2.75, 3.05) is 23.8 Å². The lowest BCUT2D eigenvalue weighted by molar-refractivity contribution is 0.853. The van der Waals surface area contributed by atoms with Crippen LogP contribution in [0.25, 0.3) is 0 Å². The zero-order chi connectivity index (χ0) is 19.2. The SMILES string of the molecule is Cc1cc(N(C)CCc2ccncc2)nc(Nc2ccc(C(C)C)cc2)n1. The Balaban J connectivity index is 1.69. The second-order valence-corrected chi connectivity index (χ2v) is 7.12. The molecule has 2 aromatic heterocycles. The molecule has 0 saturated carbocycles. The molecule has 0 fully saturated rings. The van der Waals surface area contributed by atoms with Crippen LogP contribution in [0.5, 0.6) is 0 Å². The first kappa shape index (κ1) is 18.8. The van der Waals surface area contributed by atoms with E-state index in [-0.39, 0.29) is 0 Å². The Bertz CT molecular complexity index is 860. The van der Waals surface area contributed by atoms with E-state index in [0.29, 0.717) is 11.9 Å². The summed E-state index contributed by atoms with van der Waals surface area (Å²) in [6.45, 7) is 7.26. The molecule has 0 saturated heterocycles. The van der Waals surface area contributed by atoms with Crippen LogP contribution in [0.1, 0.15) is 36.6 Å². The zero-order valence-corrected chi connectivity index (χ0v) is 16.5. The molecule has 0 atom stereocenters. The Morgan fingerprint density at radius 1 is 1.00 bits per heavy atom. The molecule has 3 rings (SSSR count). The fourth-order valence-corrected chi connectivity index (χ4v) is 2.84. The molecule has 3 aromatic rings. The van der Waals surface area contributed by atoms with Gasteiger partial charge in [-0.25, -0.2) is 4.98 Å². The molecule has 1 aromatic carbocycles. The maximum absolute atomic E-state index is 4.69. The van der Waals surface area contributed by atoms with Crippen LogP contribution < -0.4 is 10.2 Å². The van der Waals surface area contributed by atoms with Crippen molar-refractivity contribution in [1.29, 1.82) is 0 Å². The van der Waals surface area contributed by atoms with E-state index in [4.69, 9.17) is 0 Å². The first-order valence-electron chi connectivity index (χ1n) is 9.34. The number of hydrogen-bond acceptors (Lipinski definition) is 5. The minimum Gasteiger partial charge on any atom is -0.359 e. The summed E-state index contributed by atoms with van der Waals surface area (Å²) in [5.41, 5.74) is 4.53. The third kappa shape index (κ3) is 5.26. The van der Waals surface area contributed by atoms with Crippen LogP contribution in [0, 0.1) is 6.92 Å². The van der Waals surface area contributed by atoms with Crippen molar-refractivity contribution in [2.24, 2.45) is 0 Å². The highest BCUT2D eigenvalue weighted by atomic mass is 15.2. The summed E-state index contributed by atoms with van der Waals surface area (Å²) < 4.78 is 0. The Morgan fingerprint density at radius 3 is 2.37 bits per heavy atom. The maximum atomic E-state index is 4.69. The van der Waals surface area contributed by atoms with E-state index in [1.165, 1.54) is 11.1 Å². The van der Waals surface area contributed by atoms with Crippen molar-refractivity contribution < 1.29 is 0 Å². The Kier molecular flexibility index (Phi) is 6.01. The first-order chi connectivity index (χ1) is 13.0. The van der Waals surface area contributed by atoms with Crippen LogP contribution in [0.15, 0.2) is 54.9 Å². The Labute approximate surface area is 161 Å². The number of benzene rings is 1. The molecule has 0 radical (unpaired) electrons. The van der Waals surface area contributed by atoms with Crippen LogP contribution in [-0.2, 0) is 6.42 Å². The van der Waals surface area contributed by atoms with Gasteiger partial charge in [0.05, 0.1) is 0 Å². The van der Waals surface area contributed by atoms with E-state index < -0.39 is 0 Å². The Morgan fingerprint density at radius 2 is 1.70 bits per heavy atom. The molecule has 5 heteroatoms. The highest BCUT2D eigenvalue weighted by Gasteiger charge is 2.08. The van der Waals surface area contributed by atoms with Gasteiger partial charge in [0.1, 0.15) is 5.82 Å². The van der Waals surface area contributed by atoms with Crippen molar-refractivity contribution in [3.8, 4) is 0 Å². The van der Waals surface area contributed by atoms with Gasteiger partial charge in [-0.05, 0) is 54.7 Å². The summed E-state index contributed by atoms with van der Waals surface area (Å²) >= 11 is 0. The third-order valence-corrected chi connectivity index (χ3v) is 4.55. The summed E-state index contributed by atoms with van der Waals surface area (Å²) in [5.74, 6) is 2.06. The van der Waals surface area contributed by atoms with E-state index in [0.717, 1.165) is 30.2 Å². The first-order valence-corrected chi connectivity index (χ1v) is 9.34. The number of hydrogen-bond donors (Lipinski definition) is 1. The lowest BCUT2D eigenvalue weighted by Crippen LogP contribution is -2.22. The van der Waals surface area contributed by atoms with Crippen LogP contribution in [-0.4, -0.2) is 28.5 Å². The van der Waals surface area contributed by atoms with Gasteiger partial charge in [0.15, 0.2) is 0 Å². The van der Waals surface area contributed by atoms with Gasteiger partial charge in [0.25, 0.3) is 0 Å². The number of rotatable bonds is 7. The molecular formula is C22H27N5. The van der Waals surface area contributed by atoms with Crippen molar-refractivity contribution in [3.05, 3.63) is 71.7 Å². The summed E-state index contributed by atoms with van der Waals surface area (Å²) in [5, 5.41) is 3.32. The maximum Gasteiger partial charge on any atom is 0.229 e. The second kappa shape index (κ2) is 8.62. The molecule has 0 spiro atoms. The highest BCUT2D eigenvalue weighted by molar-refractivity contribution is 5.56. The van der Waals surface area contributed by atoms with Gasteiger partial charge in [0.2, 0.25) is 5.95 Å². The Hall–Kier alpha value is -2.95. The minimum absolute atomic E-state index is 0.523. The van der Waals surface area contributed by atoms with E-state index in [2.05, 4.69) is 70.3 Å². The van der Waals surface area contributed by atoms with Gasteiger partial charge in [-0.1, -0.05) is 26.0 Å². The van der Waals surface area contributed by atoms with Crippen LogP contribution in [0.4, 0.5) is 17.5 Å². The average Bonchev–Trinajstić information content (AvgIpc) is 2.67. The highest BCUT2D eigenvalue weighted by Crippen LogP contribution is 2.21. The number of likely N-dealkylation sites (N-methyl/N-ethyl adjacent to an activating group) is 1. The summed E-state index contributed by atoms with van der Waals surface area (Å²) in [4.78, 5) is 15.4. The molecule has 27 heavy (non-hydrogen) atoms. The minimum atomic E-state index is 0.523. The lowest BCUT2D eigenvalue weighted by Gasteiger charge is -2.19. The van der Waals surface area contributed by atoms with E-state index in [1.807, 2.05) is 37.5 Å². The number of pyridine rings is 1. The molecule has 2 heterocycles. The monoisotopic (exact) mass is 361 g/mol. The van der Waals surface area contributed by atoms with Gasteiger partial charge in [-0.15, -0.1) is 0 Å². The molecule has 1 N–H and O–H groups in total. The molecule has 0 bridgehead atoms. The molecule has 0 amide bonds. The predicted octanol–water partition coefficient (Wildman–Crippen LogP) is 4.73. The number of nitrogens with zero attached hydrogens (tertiary/aromatic N) is 4. The molecule has 0 aliphatic heterocycles. The van der Waals surface area contributed by atoms with Gasteiger partial charge < -0.3 is 10.2 Å². The molecule has 0 aliphatic rings. The fraction of sp³-hybridized carbons (Fsp3) is 0.318. The van der Waals surface area contributed by atoms with Crippen molar-refractivity contribution in [1.82, 2.24) is 15.0 Å². The third-order valence-electron chi connectivity index (χ3n) is 4.55. The largest absolute Gasteiger partial charge is 0.359 e. The molecule has 0 aliphatic carbocycles. The van der Waals surface area contributed by atoms with Gasteiger partial charge >= 0.3 is 0 Å². The van der Waals surface area contributed by atoms with Crippen molar-refractivity contribution in [2.45, 2.75) is 33.1 Å². The fourth-order valence-electron chi connectivity index (χ4n) is 2.84. The normalized spacial score (nSPS) is 10.9. The predicted molar refractivity (Wildman–Crippen MR) is 112 cm³/mol. The average molecular weight is 361 g/mol. The molecular weight excluding hydrogens is 334 g/mol. The van der Waals surface area contributed by atoms with Crippen LogP contribution in [0.2, 0.25) is 0 Å². The lowest BCUT2D eigenvalue weighted by atomic mass is 10.0. The quantitative estimate of drug-likeness (QED) is 0.659. The smallest absolute Gasteiger partial charge is 0.229 e. The second-order valence-electron chi connectivity index (χ2n) is 7.12. The number of nitrogens with one attached hydrogen (secondary N) is 1. The summed E-state index contributed by atoms with van der Waals surface area (Å²) in [7, 11) is 2.06. The summed E-state index contributed by atoms with van der Waals surface area (Å²) in [6.07, 6.45) is 4.61. The van der Waals surface area contributed by atoms with Crippen molar-refractivity contribution in [3.63, 3.8) is 0 Å². The van der Waals surface area contributed by atoms with Crippen molar-refractivity contribution >= 4 is 17.5 Å². The molecule has 5 nitrogen and oxygen atoms in total. The molecule has 140 valence electrons. The van der Waals surface area contributed by atoms with E-state index in [9.17, 15) is 0 Å². The van der Waals surface area contributed by atoms with Crippen LogP contribution in [0.3, 0.4) is 0 Å². The van der Waals surface area contributed by atoms with E-state index in [1.54, 1.807) is 0 Å². The zero-order valence-electron chi connectivity index (χ0n) is 16.5.